The summed E-state index contributed by atoms with van der Waals surface area (Å²) in [6.07, 6.45) is 2.31. The van der Waals surface area contributed by atoms with Crippen LogP contribution in [0, 0.1) is 17.0 Å². The fraction of sp³-hybridized carbons (Fsp3) is 0.250. The number of carbonyl (C=O) groups excluding carboxylic acids is 1. The maximum atomic E-state index is 13.2. The van der Waals surface area contributed by atoms with E-state index in [-0.39, 0.29) is 17.2 Å². The third kappa shape index (κ3) is 4.73. The summed E-state index contributed by atoms with van der Waals surface area (Å²) in [7, 11) is 3.22. The highest BCUT2D eigenvalue weighted by Gasteiger charge is 2.35. The van der Waals surface area contributed by atoms with Crippen molar-refractivity contribution in [1.82, 2.24) is 4.90 Å². The summed E-state index contributed by atoms with van der Waals surface area (Å²) >= 11 is 0. The Hall–Kier alpha value is -4.37. The van der Waals surface area contributed by atoms with Crippen LogP contribution in [0.3, 0.4) is 0 Å². The van der Waals surface area contributed by atoms with E-state index in [1.165, 1.54) is 12.1 Å². The number of methoxy groups -OCH3 is 2. The van der Waals surface area contributed by atoms with Crippen molar-refractivity contribution in [3.05, 3.63) is 92.2 Å². The van der Waals surface area contributed by atoms with Crippen LogP contribution in [-0.4, -0.2) is 43.1 Å². The van der Waals surface area contributed by atoms with Gasteiger partial charge in [-0.1, -0.05) is 18.2 Å². The molecule has 0 amide bonds. The van der Waals surface area contributed by atoms with Crippen LogP contribution in [0.4, 0.5) is 5.69 Å². The number of carbonyl (C=O) groups is 1. The lowest BCUT2D eigenvalue weighted by Crippen LogP contribution is -2.34. The van der Waals surface area contributed by atoms with Crippen LogP contribution in [0.15, 0.2) is 54.3 Å². The molecule has 2 heterocycles. The number of benzene rings is 3. The molecule has 2 aliphatic rings. The highest BCUT2D eigenvalue weighted by molar-refractivity contribution is 6.15. The van der Waals surface area contributed by atoms with E-state index < -0.39 is 4.92 Å². The lowest BCUT2D eigenvalue weighted by molar-refractivity contribution is -0.384. The maximum Gasteiger partial charge on any atom is 0.270 e. The van der Waals surface area contributed by atoms with Gasteiger partial charge in [-0.15, -0.1) is 0 Å². The molecule has 37 heavy (non-hydrogen) atoms. The highest BCUT2D eigenvalue weighted by atomic mass is 16.6. The van der Waals surface area contributed by atoms with Crippen molar-refractivity contribution in [2.75, 3.05) is 27.5 Å². The zero-order valence-electron chi connectivity index (χ0n) is 20.8. The molecule has 0 unspecified atom stereocenters. The van der Waals surface area contributed by atoms with Gasteiger partial charge in [0.15, 0.2) is 17.3 Å². The van der Waals surface area contributed by atoms with Gasteiger partial charge < -0.3 is 18.9 Å². The van der Waals surface area contributed by atoms with Crippen LogP contribution in [0.1, 0.15) is 32.6 Å². The van der Waals surface area contributed by atoms with Gasteiger partial charge in [-0.2, -0.15) is 0 Å². The molecular weight excluding hydrogens is 476 g/mol. The number of Topliss-reactive ketones (excluding diaryl/α,β-unsaturated/α-hetero) is 1. The summed E-state index contributed by atoms with van der Waals surface area (Å²) in [5, 5.41) is 11.1. The first-order valence-corrected chi connectivity index (χ1v) is 11.8. The molecule has 0 aliphatic carbocycles. The van der Waals surface area contributed by atoms with Crippen molar-refractivity contribution in [2.24, 2.45) is 0 Å². The molecule has 0 bridgehead atoms. The van der Waals surface area contributed by atoms with Crippen LogP contribution >= 0.6 is 0 Å². The fourth-order valence-electron chi connectivity index (χ4n) is 4.62. The first-order valence-electron chi connectivity index (χ1n) is 11.8. The number of nitrogens with zero attached hydrogens (tertiary/aromatic N) is 2. The molecule has 3 aromatic rings. The number of nitro groups is 1. The van der Waals surface area contributed by atoms with Gasteiger partial charge in [0.1, 0.15) is 18.2 Å². The predicted octanol–water partition coefficient (Wildman–Crippen LogP) is 4.93. The SMILES string of the molecule is COc1ccc(CCN2COc3cc(C)c4c(c3C2)O/C(=C/c2cccc([N+](=O)[O-])c2)C4=O)cc1OC. The molecule has 0 N–H and O–H groups in total. The van der Waals surface area contributed by atoms with Gasteiger partial charge in [0.2, 0.25) is 5.78 Å². The van der Waals surface area contributed by atoms with Crippen molar-refractivity contribution >= 4 is 17.5 Å². The first kappa shape index (κ1) is 24.3. The standard InChI is InChI=1S/C28H26N2O7/c1-17-11-23-21(15-29(16-36-23)10-9-18-7-8-22(34-2)24(13-18)35-3)28-26(17)27(31)25(37-28)14-19-5-4-6-20(12-19)30(32)33/h4-8,11-14H,9-10,15-16H2,1-3H3/b25-14+. The normalized spacial score (nSPS) is 15.5. The molecule has 0 saturated carbocycles. The number of fused-ring (bicyclic) bond motifs is 3. The minimum Gasteiger partial charge on any atom is -0.493 e. The first-order chi connectivity index (χ1) is 17.9. The summed E-state index contributed by atoms with van der Waals surface area (Å²) in [5.74, 6) is 2.45. The van der Waals surface area contributed by atoms with E-state index in [1.54, 1.807) is 32.4 Å². The third-order valence-corrected chi connectivity index (χ3v) is 6.53. The number of ketones is 1. The zero-order chi connectivity index (χ0) is 26.1. The number of non-ortho nitro benzene ring substituents is 1. The summed E-state index contributed by atoms with van der Waals surface area (Å²) in [4.78, 5) is 26.0. The van der Waals surface area contributed by atoms with E-state index >= 15 is 0 Å². The maximum absolute atomic E-state index is 13.2. The van der Waals surface area contributed by atoms with Gasteiger partial charge in [-0.25, -0.2) is 0 Å². The van der Waals surface area contributed by atoms with Gasteiger partial charge in [-0.05, 0) is 54.3 Å². The monoisotopic (exact) mass is 502 g/mol. The second kappa shape index (κ2) is 9.94. The van der Waals surface area contributed by atoms with E-state index in [4.69, 9.17) is 18.9 Å². The van der Waals surface area contributed by atoms with Crippen molar-refractivity contribution in [1.29, 1.82) is 0 Å². The molecule has 0 atom stereocenters. The molecular formula is C28H26N2O7. The Morgan fingerprint density at radius 3 is 2.68 bits per heavy atom. The van der Waals surface area contributed by atoms with E-state index in [9.17, 15) is 14.9 Å². The molecule has 5 rings (SSSR count). The fourth-order valence-corrected chi connectivity index (χ4v) is 4.62. The Morgan fingerprint density at radius 1 is 1.11 bits per heavy atom. The zero-order valence-corrected chi connectivity index (χ0v) is 20.8. The predicted molar refractivity (Wildman–Crippen MR) is 136 cm³/mol. The quantitative estimate of drug-likeness (QED) is 0.255. The van der Waals surface area contributed by atoms with Crippen molar-refractivity contribution in [3.8, 4) is 23.0 Å². The topological polar surface area (TPSA) is 100 Å². The molecule has 0 saturated heterocycles. The molecule has 0 radical (unpaired) electrons. The second-order valence-corrected chi connectivity index (χ2v) is 8.93. The van der Waals surface area contributed by atoms with Crippen molar-refractivity contribution < 1.29 is 28.7 Å². The number of allylic oxidation sites excluding steroid dienone is 1. The largest absolute Gasteiger partial charge is 0.493 e. The minimum absolute atomic E-state index is 0.0515. The minimum atomic E-state index is -0.470. The van der Waals surface area contributed by atoms with E-state index in [0.29, 0.717) is 47.4 Å². The molecule has 0 fully saturated rings. The van der Waals surface area contributed by atoms with E-state index in [0.717, 1.165) is 29.7 Å². The molecule has 190 valence electrons. The average molecular weight is 503 g/mol. The Kier molecular flexibility index (Phi) is 6.54. The van der Waals surface area contributed by atoms with Crippen LogP contribution in [-0.2, 0) is 13.0 Å². The molecule has 0 aromatic heterocycles. The van der Waals surface area contributed by atoms with Crippen molar-refractivity contribution in [3.63, 3.8) is 0 Å². The Balaban J connectivity index is 1.37. The van der Waals surface area contributed by atoms with Crippen LogP contribution in [0.25, 0.3) is 6.08 Å². The number of hydrogen-bond acceptors (Lipinski definition) is 8. The lowest BCUT2D eigenvalue weighted by atomic mass is 9.98. The van der Waals surface area contributed by atoms with Gasteiger partial charge >= 0.3 is 0 Å². The summed E-state index contributed by atoms with van der Waals surface area (Å²) in [5.41, 5.74) is 3.65. The van der Waals surface area contributed by atoms with E-state index in [1.807, 2.05) is 31.2 Å². The lowest BCUT2D eigenvalue weighted by Gasteiger charge is -2.30. The Bertz CT molecular complexity index is 1430. The smallest absolute Gasteiger partial charge is 0.270 e. The van der Waals surface area contributed by atoms with Crippen LogP contribution in [0.2, 0.25) is 0 Å². The van der Waals surface area contributed by atoms with Crippen molar-refractivity contribution in [2.45, 2.75) is 19.9 Å². The number of nitro benzene ring substituents is 1. The molecule has 9 heteroatoms. The average Bonchev–Trinajstić information content (AvgIpc) is 3.24. The third-order valence-electron chi connectivity index (χ3n) is 6.53. The van der Waals surface area contributed by atoms with Gasteiger partial charge in [-0.3, -0.25) is 19.8 Å². The molecule has 2 aliphatic heterocycles. The molecule has 3 aromatic carbocycles. The number of aryl methyl sites for hydroxylation is 1. The summed E-state index contributed by atoms with van der Waals surface area (Å²) in [6, 6.07) is 13.8. The van der Waals surface area contributed by atoms with Gasteiger partial charge in [0.05, 0.1) is 30.3 Å². The Morgan fingerprint density at radius 2 is 1.92 bits per heavy atom. The van der Waals surface area contributed by atoms with Gasteiger partial charge in [0.25, 0.3) is 5.69 Å². The van der Waals surface area contributed by atoms with E-state index in [2.05, 4.69) is 4.90 Å². The summed E-state index contributed by atoms with van der Waals surface area (Å²) in [6.45, 7) is 3.55. The highest BCUT2D eigenvalue weighted by Crippen LogP contribution is 2.44. The number of hydrogen-bond donors (Lipinski definition) is 0. The van der Waals surface area contributed by atoms with Crippen LogP contribution < -0.4 is 18.9 Å². The van der Waals surface area contributed by atoms with Crippen LogP contribution in [0.5, 0.6) is 23.0 Å². The Labute approximate surface area is 214 Å². The number of rotatable bonds is 7. The molecule has 0 spiro atoms. The molecule has 9 nitrogen and oxygen atoms in total. The summed E-state index contributed by atoms with van der Waals surface area (Å²) < 4.78 is 22.8. The second-order valence-electron chi connectivity index (χ2n) is 8.93. The van der Waals surface area contributed by atoms with Gasteiger partial charge in [0, 0.05) is 25.2 Å². The number of ether oxygens (including phenoxy) is 4.